The molecule has 1 aromatic heterocycles. The Morgan fingerprint density at radius 2 is 1.62 bits per heavy atom. The van der Waals surface area contributed by atoms with Crippen LogP contribution in [-0.4, -0.2) is 21.4 Å². The zero-order valence-electron chi connectivity index (χ0n) is 15.0. The standard InChI is InChI=1S/C21H22N4O/c1-16-19(15-25(2)24-16)13-14-20(26)22-23-21(17-9-5-3-6-10-17)18-11-7-4-8-12-18/h3-12,15H,13-14H2,1-2H3,(H,22,26). The van der Waals surface area contributed by atoms with Crippen LogP contribution in [-0.2, 0) is 18.3 Å². The molecule has 5 heteroatoms. The molecule has 26 heavy (non-hydrogen) atoms. The highest BCUT2D eigenvalue weighted by atomic mass is 16.2. The van der Waals surface area contributed by atoms with Gasteiger partial charge >= 0.3 is 0 Å². The van der Waals surface area contributed by atoms with Crippen LogP contribution in [0, 0.1) is 6.92 Å². The Labute approximate surface area is 153 Å². The minimum atomic E-state index is -0.113. The predicted molar refractivity (Wildman–Crippen MR) is 103 cm³/mol. The minimum absolute atomic E-state index is 0.113. The molecule has 0 unspecified atom stereocenters. The van der Waals surface area contributed by atoms with Crippen LogP contribution in [0.1, 0.15) is 28.8 Å². The zero-order chi connectivity index (χ0) is 18.4. The second-order valence-corrected chi connectivity index (χ2v) is 6.14. The third-order valence-corrected chi connectivity index (χ3v) is 4.12. The Bertz CT molecular complexity index is 857. The van der Waals surface area contributed by atoms with Crippen molar-refractivity contribution >= 4 is 11.6 Å². The normalized spacial score (nSPS) is 10.4. The Morgan fingerprint density at radius 1 is 1.04 bits per heavy atom. The van der Waals surface area contributed by atoms with Crippen LogP contribution in [0.2, 0.25) is 0 Å². The lowest BCUT2D eigenvalue weighted by molar-refractivity contribution is -0.121. The largest absolute Gasteiger partial charge is 0.275 e. The Balaban J connectivity index is 1.72. The first-order valence-electron chi connectivity index (χ1n) is 8.60. The molecule has 0 atom stereocenters. The molecule has 2 aromatic carbocycles. The van der Waals surface area contributed by atoms with E-state index in [4.69, 9.17) is 0 Å². The van der Waals surface area contributed by atoms with Crippen LogP contribution in [0.5, 0.6) is 0 Å². The van der Waals surface area contributed by atoms with Crippen molar-refractivity contribution in [3.8, 4) is 0 Å². The summed E-state index contributed by atoms with van der Waals surface area (Å²) in [7, 11) is 1.88. The van der Waals surface area contributed by atoms with Crippen molar-refractivity contribution in [1.29, 1.82) is 0 Å². The fourth-order valence-corrected chi connectivity index (χ4v) is 2.80. The number of hydrazone groups is 1. The van der Waals surface area contributed by atoms with Crippen molar-refractivity contribution in [1.82, 2.24) is 15.2 Å². The van der Waals surface area contributed by atoms with Crippen LogP contribution >= 0.6 is 0 Å². The van der Waals surface area contributed by atoms with Gasteiger partial charge in [0.25, 0.3) is 0 Å². The third kappa shape index (κ3) is 4.45. The highest BCUT2D eigenvalue weighted by Gasteiger charge is 2.09. The number of aryl methyl sites for hydroxylation is 3. The fraction of sp³-hybridized carbons (Fsp3) is 0.190. The lowest BCUT2D eigenvalue weighted by Gasteiger charge is -2.08. The Hall–Kier alpha value is -3.21. The second-order valence-electron chi connectivity index (χ2n) is 6.14. The number of benzene rings is 2. The minimum Gasteiger partial charge on any atom is -0.275 e. The fourth-order valence-electron chi connectivity index (χ4n) is 2.80. The summed E-state index contributed by atoms with van der Waals surface area (Å²) in [5, 5.41) is 8.70. The molecule has 0 fully saturated rings. The maximum Gasteiger partial charge on any atom is 0.240 e. The van der Waals surface area contributed by atoms with E-state index in [9.17, 15) is 4.79 Å². The van der Waals surface area contributed by atoms with Gasteiger partial charge in [0.1, 0.15) is 0 Å². The molecule has 1 amide bonds. The van der Waals surface area contributed by atoms with Gasteiger partial charge in [0.2, 0.25) is 5.91 Å². The van der Waals surface area contributed by atoms with Gasteiger partial charge < -0.3 is 0 Å². The van der Waals surface area contributed by atoms with E-state index in [2.05, 4.69) is 15.6 Å². The van der Waals surface area contributed by atoms with Crippen LogP contribution in [0.25, 0.3) is 0 Å². The smallest absolute Gasteiger partial charge is 0.240 e. The topological polar surface area (TPSA) is 59.3 Å². The van der Waals surface area contributed by atoms with Crippen LogP contribution in [0.3, 0.4) is 0 Å². The second kappa shape index (κ2) is 8.25. The van der Waals surface area contributed by atoms with Crippen LogP contribution in [0.4, 0.5) is 0 Å². The van der Waals surface area contributed by atoms with Crippen molar-refractivity contribution < 1.29 is 4.79 Å². The SMILES string of the molecule is Cc1nn(C)cc1CCC(=O)NN=C(c1ccccc1)c1ccccc1. The van der Waals surface area contributed by atoms with Gasteiger partial charge in [-0.1, -0.05) is 60.7 Å². The molecular formula is C21H22N4O. The Kier molecular flexibility index (Phi) is 5.59. The number of amides is 1. The zero-order valence-corrected chi connectivity index (χ0v) is 15.0. The summed E-state index contributed by atoms with van der Waals surface area (Å²) in [6.45, 7) is 1.95. The predicted octanol–water partition coefficient (Wildman–Crippen LogP) is 3.23. The first-order chi connectivity index (χ1) is 12.6. The van der Waals surface area contributed by atoms with Gasteiger partial charge in [0, 0.05) is 30.8 Å². The van der Waals surface area contributed by atoms with Gasteiger partial charge in [-0.05, 0) is 18.9 Å². The first kappa shape index (κ1) is 17.6. The summed E-state index contributed by atoms with van der Waals surface area (Å²) in [6.07, 6.45) is 2.96. The van der Waals surface area contributed by atoms with E-state index in [0.717, 1.165) is 28.1 Å². The van der Waals surface area contributed by atoms with Gasteiger partial charge in [0.15, 0.2) is 0 Å². The van der Waals surface area contributed by atoms with Crippen molar-refractivity contribution in [2.45, 2.75) is 19.8 Å². The van der Waals surface area contributed by atoms with E-state index in [1.165, 1.54) is 0 Å². The lowest BCUT2D eigenvalue weighted by Crippen LogP contribution is -2.21. The molecule has 132 valence electrons. The molecule has 3 aromatic rings. The van der Waals surface area contributed by atoms with E-state index < -0.39 is 0 Å². The van der Waals surface area contributed by atoms with Gasteiger partial charge in [-0.2, -0.15) is 10.2 Å². The summed E-state index contributed by atoms with van der Waals surface area (Å²) >= 11 is 0. The molecule has 0 aliphatic rings. The molecule has 0 saturated carbocycles. The van der Waals surface area contributed by atoms with Crippen LogP contribution < -0.4 is 5.43 Å². The van der Waals surface area contributed by atoms with Crippen molar-refractivity contribution in [3.05, 3.63) is 89.2 Å². The van der Waals surface area contributed by atoms with E-state index in [1.54, 1.807) is 4.68 Å². The Morgan fingerprint density at radius 3 is 2.12 bits per heavy atom. The molecule has 0 spiro atoms. The monoisotopic (exact) mass is 346 g/mol. The highest BCUT2D eigenvalue weighted by Crippen LogP contribution is 2.11. The molecule has 0 radical (unpaired) electrons. The molecule has 1 heterocycles. The molecule has 5 nitrogen and oxygen atoms in total. The number of carbonyl (C=O) groups is 1. The summed E-state index contributed by atoms with van der Waals surface area (Å²) in [5.41, 5.74) is 7.40. The molecule has 3 rings (SSSR count). The summed E-state index contributed by atoms with van der Waals surface area (Å²) in [5.74, 6) is -0.113. The third-order valence-electron chi connectivity index (χ3n) is 4.12. The molecular weight excluding hydrogens is 324 g/mol. The summed E-state index contributed by atoms with van der Waals surface area (Å²) in [4.78, 5) is 12.3. The average molecular weight is 346 g/mol. The number of hydrogen-bond acceptors (Lipinski definition) is 3. The maximum atomic E-state index is 12.3. The van der Waals surface area contributed by atoms with E-state index in [-0.39, 0.29) is 5.91 Å². The van der Waals surface area contributed by atoms with E-state index in [1.807, 2.05) is 80.8 Å². The number of carbonyl (C=O) groups excluding carboxylic acids is 1. The quantitative estimate of drug-likeness (QED) is 0.550. The number of aromatic nitrogens is 2. The highest BCUT2D eigenvalue weighted by molar-refractivity contribution is 6.13. The number of hydrogen-bond donors (Lipinski definition) is 1. The summed E-state index contributed by atoms with van der Waals surface area (Å²) < 4.78 is 1.77. The molecule has 0 aliphatic heterocycles. The summed E-state index contributed by atoms with van der Waals surface area (Å²) in [6, 6.07) is 19.7. The molecule has 0 aliphatic carbocycles. The maximum absolute atomic E-state index is 12.3. The van der Waals surface area contributed by atoms with Crippen LogP contribution in [0.15, 0.2) is 72.0 Å². The van der Waals surface area contributed by atoms with E-state index in [0.29, 0.717) is 12.8 Å². The molecule has 0 saturated heterocycles. The number of nitrogens with one attached hydrogen (secondary N) is 1. The number of nitrogens with zero attached hydrogens (tertiary/aromatic N) is 3. The number of rotatable bonds is 6. The first-order valence-corrected chi connectivity index (χ1v) is 8.60. The van der Waals surface area contributed by atoms with Gasteiger partial charge in [-0.3, -0.25) is 9.48 Å². The average Bonchev–Trinajstić information content (AvgIpc) is 2.99. The van der Waals surface area contributed by atoms with Crippen molar-refractivity contribution in [3.63, 3.8) is 0 Å². The van der Waals surface area contributed by atoms with Crippen molar-refractivity contribution in [2.75, 3.05) is 0 Å². The van der Waals surface area contributed by atoms with Gasteiger partial charge in [-0.15, -0.1) is 0 Å². The van der Waals surface area contributed by atoms with E-state index >= 15 is 0 Å². The van der Waals surface area contributed by atoms with Crippen molar-refractivity contribution in [2.24, 2.45) is 12.1 Å². The molecule has 1 N–H and O–H groups in total. The van der Waals surface area contributed by atoms with Gasteiger partial charge in [0.05, 0.1) is 11.4 Å². The lowest BCUT2D eigenvalue weighted by atomic mass is 10.0. The van der Waals surface area contributed by atoms with Gasteiger partial charge in [-0.25, -0.2) is 5.43 Å². The molecule has 0 bridgehead atoms.